The van der Waals surface area contributed by atoms with Crippen LogP contribution in [0.4, 0.5) is 11.4 Å². The lowest BCUT2D eigenvalue weighted by atomic mass is 10.1. The Balaban J connectivity index is 1.82. The second-order valence-electron chi connectivity index (χ2n) is 8.73. The molecule has 0 aliphatic carbocycles. The minimum absolute atomic E-state index is 0.217. The van der Waals surface area contributed by atoms with Gasteiger partial charge in [0, 0.05) is 16.7 Å². The van der Waals surface area contributed by atoms with Gasteiger partial charge in [0.05, 0.1) is 16.9 Å². The number of hydrazine groups is 1. The van der Waals surface area contributed by atoms with Gasteiger partial charge in [0.2, 0.25) is 24.1 Å². The number of anilines is 2. The van der Waals surface area contributed by atoms with Crippen molar-refractivity contribution in [1.82, 2.24) is 15.5 Å². The number of halogens is 1. The van der Waals surface area contributed by atoms with Crippen molar-refractivity contribution >= 4 is 47.7 Å². The molecule has 1 atom stereocenters. The third-order valence-electron chi connectivity index (χ3n) is 5.81. The third kappa shape index (κ3) is 8.79. The van der Waals surface area contributed by atoms with Gasteiger partial charge in [-0.2, -0.15) is 5.10 Å². The van der Waals surface area contributed by atoms with Crippen molar-refractivity contribution in [3.8, 4) is 11.5 Å². The highest BCUT2D eigenvalue weighted by Gasteiger charge is 2.21. The number of hydrogen-bond donors (Lipinski definition) is 4. The zero-order valence-corrected chi connectivity index (χ0v) is 22.9. The topological polar surface area (TPSA) is 165 Å². The molecule has 12 heteroatoms. The van der Waals surface area contributed by atoms with Gasteiger partial charge < -0.3 is 20.9 Å². The molecule has 1 heterocycles. The van der Waals surface area contributed by atoms with Gasteiger partial charge in [-0.25, -0.2) is 5.84 Å². The van der Waals surface area contributed by atoms with E-state index in [4.69, 9.17) is 27.7 Å². The highest BCUT2D eigenvalue weighted by molar-refractivity contribution is 6.30. The lowest BCUT2D eigenvalue weighted by Crippen LogP contribution is -2.30. The lowest BCUT2D eigenvalue weighted by molar-refractivity contribution is -0.117. The first-order valence-electron chi connectivity index (χ1n) is 12.8. The number of hydrogen-bond acceptors (Lipinski definition) is 8. The van der Waals surface area contributed by atoms with Crippen molar-refractivity contribution in [3.05, 3.63) is 77.2 Å². The summed E-state index contributed by atoms with van der Waals surface area (Å²) in [6.07, 6.45) is 13.6. The van der Waals surface area contributed by atoms with Gasteiger partial charge in [-0.3, -0.25) is 14.6 Å². The summed E-state index contributed by atoms with van der Waals surface area (Å²) in [5.74, 6) is 11.2. The number of carbonyl (C=O) groups is 2. The van der Waals surface area contributed by atoms with E-state index in [1.165, 1.54) is 17.4 Å². The first kappa shape index (κ1) is 30.1. The van der Waals surface area contributed by atoms with Gasteiger partial charge in [-0.15, -0.1) is 10.2 Å². The molecule has 6 N–H and O–H groups in total. The molecule has 0 saturated heterocycles. The Morgan fingerprint density at radius 1 is 1.20 bits per heavy atom. The summed E-state index contributed by atoms with van der Waals surface area (Å²) in [6.45, 7) is 2.15. The summed E-state index contributed by atoms with van der Waals surface area (Å²) in [6, 6.07) is 11.5. The number of aromatic nitrogens is 2. The van der Waals surface area contributed by atoms with E-state index in [1.807, 2.05) is 6.08 Å². The summed E-state index contributed by atoms with van der Waals surface area (Å²) >= 11 is 6.15. The van der Waals surface area contributed by atoms with Gasteiger partial charge in [0.1, 0.15) is 12.4 Å². The second-order valence-corrected chi connectivity index (χ2v) is 9.16. The van der Waals surface area contributed by atoms with E-state index >= 15 is 0 Å². The number of allylic oxidation sites excluding steroid dienone is 1. The first-order chi connectivity index (χ1) is 19.5. The van der Waals surface area contributed by atoms with Crippen LogP contribution in [0.25, 0.3) is 17.5 Å². The Kier molecular flexibility index (Phi) is 11.9. The SMILES string of the molecule is CCCCC/C=C/C[C@H](NC(=O)/C=C/c1cc(Cl)ccc1N(N)/C=N\N)c1nnc(-c2ccccc2NC=O)o1. The Morgan fingerprint density at radius 2 is 2.02 bits per heavy atom. The predicted octanol–water partition coefficient (Wildman–Crippen LogP) is 4.94. The lowest BCUT2D eigenvalue weighted by Gasteiger charge is -2.15. The molecule has 0 aliphatic heterocycles. The van der Waals surface area contributed by atoms with Gasteiger partial charge in [-0.05, 0) is 55.7 Å². The molecule has 0 bridgehead atoms. The fourth-order valence-corrected chi connectivity index (χ4v) is 4.02. The van der Waals surface area contributed by atoms with Crippen LogP contribution in [-0.4, -0.2) is 28.9 Å². The van der Waals surface area contributed by atoms with Crippen LogP contribution in [-0.2, 0) is 9.59 Å². The molecule has 0 aliphatic rings. The molecule has 3 rings (SSSR count). The molecular formula is C28H33ClN8O3. The summed E-state index contributed by atoms with van der Waals surface area (Å²) in [4.78, 5) is 24.0. The maximum atomic E-state index is 13.0. The highest BCUT2D eigenvalue weighted by atomic mass is 35.5. The molecule has 1 aromatic heterocycles. The zero-order valence-electron chi connectivity index (χ0n) is 22.2. The highest BCUT2D eigenvalue weighted by Crippen LogP contribution is 2.29. The predicted molar refractivity (Wildman–Crippen MR) is 158 cm³/mol. The number of unbranched alkanes of at least 4 members (excludes halogenated alkanes) is 3. The fraction of sp³-hybridized carbons (Fsp3) is 0.250. The van der Waals surface area contributed by atoms with Crippen LogP contribution < -0.4 is 27.3 Å². The normalized spacial score (nSPS) is 12.3. The first-order valence-corrected chi connectivity index (χ1v) is 13.2. The standard InChI is InChI=1S/C28H33ClN8O3/c1-2-3-4-5-6-7-12-24(28-36-35-27(40-28)22-10-8-9-11-23(22)32-19-38)34-26(39)16-13-20-17-21(29)14-15-25(20)37(31)18-33-30/h6-11,13-19,24H,2-5,12,30-31H2,1H3,(H,32,38)(H,34,39)/b7-6+,16-13+,33-18-/t24-/m0/s1. The number of nitrogens with two attached hydrogens (primary N) is 2. The Labute approximate surface area is 237 Å². The molecule has 2 aromatic carbocycles. The summed E-state index contributed by atoms with van der Waals surface area (Å²) in [5, 5.41) is 19.0. The molecule has 0 radical (unpaired) electrons. The Morgan fingerprint density at radius 3 is 2.80 bits per heavy atom. The van der Waals surface area contributed by atoms with Crippen molar-refractivity contribution in [1.29, 1.82) is 0 Å². The van der Waals surface area contributed by atoms with Gasteiger partial charge in [0.25, 0.3) is 0 Å². The number of nitrogens with zero attached hydrogens (tertiary/aromatic N) is 4. The molecule has 11 nitrogen and oxygen atoms in total. The average Bonchev–Trinajstić information content (AvgIpc) is 3.44. The number of rotatable bonds is 15. The summed E-state index contributed by atoms with van der Waals surface area (Å²) in [7, 11) is 0. The van der Waals surface area contributed by atoms with Gasteiger partial charge >= 0.3 is 0 Å². The summed E-state index contributed by atoms with van der Waals surface area (Å²) < 4.78 is 5.95. The summed E-state index contributed by atoms with van der Waals surface area (Å²) in [5.41, 5.74) is 2.21. The van der Waals surface area contributed by atoms with E-state index in [-0.39, 0.29) is 11.8 Å². The van der Waals surface area contributed by atoms with Crippen molar-refractivity contribution in [2.45, 2.75) is 45.1 Å². The fourth-order valence-electron chi connectivity index (χ4n) is 3.84. The van der Waals surface area contributed by atoms with Crippen molar-refractivity contribution < 1.29 is 14.0 Å². The van der Waals surface area contributed by atoms with Crippen LogP contribution in [0.15, 0.2) is 70.2 Å². The van der Waals surface area contributed by atoms with Gasteiger partial charge in [0.15, 0.2) is 0 Å². The van der Waals surface area contributed by atoms with E-state index in [1.54, 1.807) is 48.5 Å². The van der Waals surface area contributed by atoms with Crippen LogP contribution in [0.2, 0.25) is 5.02 Å². The van der Waals surface area contributed by atoms with Crippen molar-refractivity contribution in [3.63, 3.8) is 0 Å². The maximum absolute atomic E-state index is 13.0. The molecule has 3 aromatic rings. The number of hydrazone groups is 1. The molecular weight excluding hydrogens is 532 g/mol. The maximum Gasteiger partial charge on any atom is 0.249 e. The largest absolute Gasteiger partial charge is 0.418 e. The van der Waals surface area contributed by atoms with Crippen molar-refractivity contribution in [2.75, 3.05) is 10.3 Å². The van der Waals surface area contributed by atoms with E-state index in [0.29, 0.717) is 40.4 Å². The monoisotopic (exact) mass is 564 g/mol. The van der Waals surface area contributed by atoms with E-state index in [0.717, 1.165) is 25.7 Å². The Hall–Kier alpha value is -4.48. The van der Waals surface area contributed by atoms with Crippen LogP contribution in [0, 0.1) is 0 Å². The number of carbonyl (C=O) groups excluding carboxylic acids is 2. The third-order valence-corrected chi connectivity index (χ3v) is 6.05. The number of nitrogens with one attached hydrogen (secondary N) is 2. The Bertz CT molecular complexity index is 1350. The minimum atomic E-state index is -0.596. The minimum Gasteiger partial charge on any atom is -0.418 e. The average molecular weight is 565 g/mol. The molecule has 0 fully saturated rings. The smallest absolute Gasteiger partial charge is 0.249 e. The number of para-hydroxylation sites is 1. The zero-order chi connectivity index (χ0) is 28.7. The van der Waals surface area contributed by atoms with Crippen LogP contribution >= 0.6 is 11.6 Å². The van der Waals surface area contributed by atoms with Crippen LogP contribution in [0.1, 0.15) is 56.5 Å². The molecule has 40 heavy (non-hydrogen) atoms. The van der Waals surface area contributed by atoms with E-state index < -0.39 is 11.9 Å². The number of amides is 2. The number of benzene rings is 2. The van der Waals surface area contributed by atoms with Crippen molar-refractivity contribution in [2.24, 2.45) is 16.8 Å². The second kappa shape index (κ2) is 15.8. The van der Waals surface area contributed by atoms with Gasteiger partial charge in [-0.1, -0.05) is 55.7 Å². The molecule has 0 unspecified atom stereocenters. The molecule has 210 valence electrons. The van der Waals surface area contributed by atoms with E-state index in [9.17, 15) is 9.59 Å². The van der Waals surface area contributed by atoms with E-state index in [2.05, 4.69) is 38.9 Å². The molecule has 0 spiro atoms. The molecule has 0 saturated carbocycles. The quantitative estimate of drug-likeness (QED) is 0.0294. The van der Waals surface area contributed by atoms with Crippen LogP contribution in [0.3, 0.4) is 0 Å². The van der Waals surface area contributed by atoms with Crippen LogP contribution in [0.5, 0.6) is 0 Å². The molecule has 2 amide bonds.